The van der Waals surface area contributed by atoms with Crippen LogP contribution in [0.15, 0.2) is 30.5 Å². The summed E-state index contributed by atoms with van der Waals surface area (Å²) in [6.07, 6.45) is 1.69. The molecule has 3 heterocycles. The lowest BCUT2D eigenvalue weighted by Gasteiger charge is -2.06. The molecule has 0 aliphatic carbocycles. The molecule has 1 aromatic carbocycles. The number of nitrogen functional groups attached to an aromatic ring is 1. The summed E-state index contributed by atoms with van der Waals surface area (Å²) in [4.78, 5) is 23.9. The number of H-pyrrole nitrogens is 1. The van der Waals surface area contributed by atoms with Gasteiger partial charge < -0.3 is 16.0 Å². The minimum absolute atomic E-state index is 0.0601. The maximum absolute atomic E-state index is 13.7. The SMILES string of the molecule is CCn1c(CNC(=O)c2nc3cc[nH]c3nc2N)[n+](C)c2ccc(F)cc21. The molecule has 0 fully saturated rings. The molecule has 8 nitrogen and oxygen atoms in total. The molecule has 0 atom stereocenters. The summed E-state index contributed by atoms with van der Waals surface area (Å²) < 4.78 is 17.5. The van der Waals surface area contributed by atoms with Gasteiger partial charge in [-0.3, -0.25) is 4.79 Å². The second kappa shape index (κ2) is 6.35. The van der Waals surface area contributed by atoms with Gasteiger partial charge in [0.1, 0.15) is 17.9 Å². The standard InChI is InChI=1S/C18H18FN7O/c1-3-26-13-8-10(19)4-5-12(13)25(2)14(26)9-22-18(27)15-16(20)24-17-11(23-15)6-7-21-17/h4-8H,3,9H2,1-2H3,(H3-,20,21,22,23,24,27)/p+1. The van der Waals surface area contributed by atoms with Crippen molar-refractivity contribution in [2.45, 2.75) is 20.0 Å². The third-order valence-corrected chi connectivity index (χ3v) is 4.64. The zero-order valence-corrected chi connectivity index (χ0v) is 15.0. The summed E-state index contributed by atoms with van der Waals surface area (Å²) in [5.41, 5.74) is 8.71. The molecule has 138 valence electrons. The van der Waals surface area contributed by atoms with Gasteiger partial charge in [0.2, 0.25) is 0 Å². The van der Waals surface area contributed by atoms with Crippen LogP contribution in [0.5, 0.6) is 0 Å². The van der Waals surface area contributed by atoms with Crippen molar-refractivity contribution in [3.8, 4) is 0 Å². The third kappa shape index (κ3) is 2.77. The molecule has 4 aromatic rings. The van der Waals surface area contributed by atoms with Crippen LogP contribution in [0.3, 0.4) is 0 Å². The normalized spacial score (nSPS) is 11.4. The third-order valence-electron chi connectivity index (χ3n) is 4.64. The van der Waals surface area contributed by atoms with Crippen LogP contribution in [0.2, 0.25) is 0 Å². The van der Waals surface area contributed by atoms with Crippen LogP contribution in [0, 0.1) is 5.82 Å². The molecule has 0 spiro atoms. The molecule has 0 aliphatic rings. The Kier molecular flexibility index (Phi) is 3.98. The lowest BCUT2D eigenvalue weighted by Crippen LogP contribution is -2.38. The van der Waals surface area contributed by atoms with Crippen molar-refractivity contribution < 1.29 is 13.8 Å². The lowest BCUT2D eigenvalue weighted by molar-refractivity contribution is -0.654. The number of hydrogen-bond acceptors (Lipinski definition) is 4. The number of aromatic amines is 1. The molecule has 0 aliphatic heterocycles. The number of nitrogens with two attached hydrogens (primary N) is 1. The fourth-order valence-corrected chi connectivity index (χ4v) is 3.32. The lowest BCUT2D eigenvalue weighted by atomic mass is 10.3. The van der Waals surface area contributed by atoms with Crippen molar-refractivity contribution in [1.82, 2.24) is 24.8 Å². The van der Waals surface area contributed by atoms with E-state index in [9.17, 15) is 9.18 Å². The number of imidazole rings is 1. The number of nitrogens with zero attached hydrogens (tertiary/aromatic N) is 4. The maximum atomic E-state index is 13.7. The van der Waals surface area contributed by atoms with Gasteiger partial charge in [-0.2, -0.15) is 0 Å². The topological polar surface area (TPSA) is 105 Å². The van der Waals surface area contributed by atoms with Crippen molar-refractivity contribution in [1.29, 1.82) is 0 Å². The van der Waals surface area contributed by atoms with Crippen LogP contribution < -0.4 is 15.6 Å². The Morgan fingerprint density at radius 2 is 2.19 bits per heavy atom. The summed E-state index contributed by atoms with van der Waals surface area (Å²) in [7, 11) is 1.88. The highest BCUT2D eigenvalue weighted by molar-refractivity contribution is 5.98. The molecule has 4 N–H and O–H groups in total. The molecule has 0 saturated carbocycles. The summed E-state index contributed by atoms with van der Waals surface area (Å²) in [6.45, 7) is 2.86. The Labute approximate surface area is 153 Å². The van der Waals surface area contributed by atoms with Crippen molar-refractivity contribution in [3.63, 3.8) is 0 Å². The van der Waals surface area contributed by atoms with Gasteiger partial charge in [0.25, 0.3) is 11.7 Å². The number of carbonyl (C=O) groups excluding carboxylic acids is 1. The van der Waals surface area contributed by atoms with E-state index in [4.69, 9.17) is 5.73 Å². The molecular formula is C18H19FN7O+. The fourth-order valence-electron chi connectivity index (χ4n) is 3.32. The summed E-state index contributed by atoms with van der Waals surface area (Å²) in [5.74, 6) is 0.182. The van der Waals surface area contributed by atoms with Crippen LogP contribution in [0.1, 0.15) is 23.2 Å². The van der Waals surface area contributed by atoms with E-state index in [0.717, 1.165) is 16.9 Å². The monoisotopic (exact) mass is 368 g/mol. The Balaban J connectivity index is 1.65. The highest BCUT2D eigenvalue weighted by atomic mass is 19.1. The van der Waals surface area contributed by atoms with E-state index >= 15 is 0 Å². The minimum atomic E-state index is -0.415. The van der Waals surface area contributed by atoms with E-state index < -0.39 is 5.91 Å². The Bertz CT molecular complexity index is 1180. The molecule has 3 aromatic heterocycles. The molecule has 1 amide bonds. The molecule has 4 rings (SSSR count). The molecular weight excluding hydrogens is 349 g/mol. The second-order valence-corrected chi connectivity index (χ2v) is 6.20. The van der Waals surface area contributed by atoms with E-state index in [0.29, 0.717) is 17.7 Å². The number of anilines is 1. The van der Waals surface area contributed by atoms with Gasteiger partial charge in [-0.15, -0.1) is 0 Å². The van der Waals surface area contributed by atoms with Crippen LogP contribution in [0.4, 0.5) is 10.2 Å². The van der Waals surface area contributed by atoms with Crippen molar-refractivity contribution in [2.75, 3.05) is 5.73 Å². The number of halogens is 1. The number of rotatable bonds is 4. The van der Waals surface area contributed by atoms with E-state index in [1.807, 2.05) is 23.1 Å². The van der Waals surface area contributed by atoms with Gasteiger partial charge >= 0.3 is 0 Å². The summed E-state index contributed by atoms with van der Waals surface area (Å²) >= 11 is 0. The minimum Gasteiger partial charge on any atom is -0.382 e. The predicted molar refractivity (Wildman–Crippen MR) is 98.2 cm³/mol. The quantitative estimate of drug-likeness (QED) is 0.474. The van der Waals surface area contributed by atoms with E-state index in [1.165, 1.54) is 12.1 Å². The zero-order valence-electron chi connectivity index (χ0n) is 15.0. The van der Waals surface area contributed by atoms with Gasteiger partial charge in [0.05, 0.1) is 13.6 Å². The first kappa shape index (κ1) is 17.0. The first-order chi connectivity index (χ1) is 13.0. The van der Waals surface area contributed by atoms with Crippen molar-refractivity contribution in [2.24, 2.45) is 7.05 Å². The highest BCUT2D eigenvalue weighted by Crippen LogP contribution is 2.17. The van der Waals surface area contributed by atoms with Crippen LogP contribution in [-0.4, -0.2) is 25.4 Å². The molecule has 9 heteroatoms. The Morgan fingerprint density at radius 3 is 2.96 bits per heavy atom. The summed E-state index contributed by atoms with van der Waals surface area (Å²) in [6, 6.07) is 6.37. The number of hydrogen-bond donors (Lipinski definition) is 3. The number of amides is 1. The summed E-state index contributed by atoms with van der Waals surface area (Å²) in [5, 5.41) is 2.84. The zero-order chi connectivity index (χ0) is 19.1. The number of benzene rings is 1. The number of carbonyl (C=O) groups is 1. The average molecular weight is 368 g/mol. The first-order valence-electron chi connectivity index (χ1n) is 8.55. The number of nitrogens with one attached hydrogen (secondary N) is 2. The number of aryl methyl sites for hydroxylation is 2. The number of fused-ring (bicyclic) bond motifs is 2. The predicted octanol–water partition coefficient (Wildman–Crippen LogP) is 1.41. The maximum Gasteiger partial charge on any atom is 0.276 e. The molecule has 0 radical (unpaired) electrons. The largest absolute Gasteiger partial charge is 0.382 e. The smallest absolute Gasteiger partial charge is 0.276 e. The van der Waals surface area contributed by atoms with Gasteiger partial charge in [-0.05, 0) is 25.1 Å². The van der Waals surface area contributed by atoms with E-state index in [-0.39, 0.29) is 23.9 Å². The Hall–Kier alpha value is -3.49. The van der Waals surface area contributed by atoms with Crippen LogP contribution >= 0.6 is 0 Å². The number of aromatic nitrogens is 5. The van der Waals surface area contributed by atoms with Gasteiger partial charge in [-0.25, -0.2) is 23.5 Å². The van der Waals surface area contributed by atoms with Gasteiger partial charge in [0, 0.05) is 12.3 Å². The van der Waals surface area contributed by atoms with E-state index in [1.54, 1.807) is 18.3 Å². The Morgan fingerprint density at radius 1 is 1.37 bits per heavy atom. The molecule has 0 saturated heterocycles. The van der Waals surface area contributed by atoms with Crippen LogP contribution in [0.25, 0.3) is 22.2 Å². The highest BCUT2D eigenvalue weighted by Gasteiger charge is 2.23. The molecule has 0 unspecified atom stereocenters. The van der Waals surface area contributed by atoms with Gasteiger partial charge in [0.15, 0.2) is 28.2 Å². The van der Waals surface area contributed by atoms with E-state index in [2.05, 4.69) is 20.3 Å². The second-order valence-electron chi connectivity index (χ2n) is 6.20. The molecule has 27 heavy (non-hydrogen) atoms. The molecule has 0 bridgehead atoms. The van der Waals surface area contributed by atoms with Gasteiger partial charge in [-0.1, -0.05) is 0 Å². The van der Waals surface area contributed by atoms with Crippen LogP contribution in [-0.2, 0) is 20.1 Å². The van der Waals surface area contributed by atoms with Crippen molar-refractivity contribution >= 4 is 33.9 Å². The fraction of sp³-hybridized carbons (Fsp3) is 0.222. The average Bonchev–Trinajstić information content (AvgIpc) is 3.20. The van der Waals surface area contributed by atoms with Crippen molar-refractivity contribution in [3.05, 3.63) is 47.8 Å². The first-order valence-corrected chi connectivity index (χ1v) is 8.55.